The van der Waals surface area contributed by atoms with Crippen LogP contribution in [-0.2, 0) is 4.79 Å². The molecule has 1 aromatic rings. The van der Waals surface area contributed by atoms with Gasteiger partial charge in [-0.1, -0.05) is 0 Å². The number of hydrogen-bond acceptors (Lipinski definition) is 5. The Hall–Kier alpha value is -1.79. The van der Waals surface area contributed by atoms with Crippen molar-refractivity contribution in [2.45, 2.75) is 13.8 Å². The minimum Gasteiger partial charge on any atom is -0.507 e. The predicted molar refractivity (Wildman–Crippen MR) is 79.3 cm³/mol. The number of aryl methyl sites for hydroxylation is 2. The van der Waals surface area contributed by atoms with Crippen LogP contribution in [0, 0.1) is 13.8 Å². The number of thioether (sulfide) groups is 1. The highest BCUT2D eigenvalue weighted by Gasteiger charge is 2.34. The van der Waals surface area contributed by atoms with Crippen molar-refractivity contribution in [1.82, 2.24) is 4.90 Å². The number of imide groups is 1. The minimum absolute atomic E-state index is 0.232. The van der Waals surface area contributed by atoms with E-state index in [1.165, 1.54) is 0 Å². The van der Waals surface area contributed by atoms with Gasteiger partial charge in [0.1, 0.15) is 5.75 Å². The highest BCUT2D eigenvalue weighted by molar-refractivity contribution is 8.18. The molecule has 3 N–H and O–H groups in total. The summed E-state index contributed by atoms with van der Waals surface area (Å²) >= 11 is 0.913. The van der Waals surface area contributed by atoms with Crippen molar-refractivity contribution in [2.24, 2.45) is 5.73 Å². The number of benzene rings is 1. The number of amides is 2. The zero-order chi connectivity index (χ0) is 14.9. The Balaban J connectivity index is 2.33. The Bertz CT molecular complexity index is 587. The summed E-state index contributed by atoms with van der Waals surface area (Å²) in [6.45, 7) is 4.07. The average Bonchev–Trinajstić information content (AvgIpc) is 2.64. The lowest BCUT2D eigenvalue weighted by molar-refractivity contribution is -0.122. The molecule has 0 radical (unpaired) electrons. The summed E-state index contributed by atoms with van der Waals surface area (Å²) in [6, 6.07) is 3.55. The molecule has 0 aromatic heterocycles. The van der Waals surface area contributed by atoms with Crippen LogP contribution < -0.4 is 5.73 Å². The Morgan fingerprint density at radius 2 is 1.90 bits per heavy atom. The fourth-order valence-corrected chi connectivity index (χ4v) is 2.91. The van der Waals surface area contributed by atoms with E-state index in [1.54, 1.807) is 32.1 Å². The number of carbonyl (C=O) groups excluding carboxylic acids is 2. The van der Waals surface area contributed by atoms with Crippen molar-refractivity contribution in [2.75, 3.05) is 13.1 Å². The van der Waals surface area contributed by atoms with E-state index < -0.39 is 0 Å². The van der Waals surface area contributed by atoms with Gasteiger partial charge in [0.05, 0.1) is 4.91 Å². The van der Waals surface area contributed by atoms with Crippen LogP contribution in [0.2, 0.25) is 0 Å². The summed E-state index contributed by atoms with van der Waals surface area (Å²) in [7, 11) is 0. The van der Waals surface area contributed by atoms with Crippen LogP contribution in [0.5, 0.6) is 5.75 Å². The Morgan fingerprint density at radius 3 is 2.45 bits per heavy atom. The van der Waals surface area contributed by atoms with Gasteiger partial charge in [-0.15, -0.1) is 0 Å². The van der Waals surface area contributed by atoms with Gasteiger partial charge >= 0.3 is 0 Å². The van der Waals surface area contributed by atoms with Gasteiger partial charge in [0.15, 0.2) is 0 Å². The van der Waals surface area contributed by atoms with Crippen LogP contribution in [0.4, 0.5) is 4.79 Å². The molecule has 20 heavy (non-hydrogen) atoms. The third-order valence-corrected chi connectivity index (χ3v) is 3.94. The van der Waals surface area contributed by atoms with Gasteiger partial charge in [0.2, 0.25) is 0 Å². The quantitative estimate of drug-likeness (QED) is 0.833. The molecule has 1 fully saturated rings. The van der Waals surface area contributed by atoms with Crippen LogP contribution >= 0.6 is 11.8 Å². The SMILES string of the molecule is Cc1cc(/C=C2\SC(=O)N(CCN)C2=O)cc(C)c1O. The standard InChI is InChI=1S/C14H16N2O3S/c1-8-5-10(6-9(2)12(8)17)7-11-13(18)16(4-3-15)14(19)20-11/h5-7,17H,3-4,15H2,1-2H3/b11-7-. The van der Waals surface area contributed by atoms with Gasteiger partial charge in [0, 0.05) is 13.1 Å². The molecule has 0 spiro atoms. The molecule has 1 aliphatic rings. The number of phenols is 1. The molecule has 5 nitrogen and oxygen atoms in total. The van der Waals surface area contributed by atoms with Gasteiger partial charge in [-0.3, -0.25) is 14.5 Å². The number of aromatic hydroxyl groups is 1. The summed E-state index contributed by atoms with van der Waals surface area (Å²) in [4.78, 5) is 25.3. The molecule has 0 atom stereocenters. The number of hydrogen-bond donors (Lipinski definition) is 2. The van der Waals surface area contributed by atoms with E-state index in [2.05, 4.69) is 0 Å². The summed E-state index contributed by atoms with van der Waals surface area (Å²) in [5.74, 6) is -0.0628. The molecule has 106 valence electrons. The zero-order valence-corrected chi connectivity index (χ0v) is 12.2. The van der Waals surface area contributed by atoms with Gasteiger partial charge in [-0.25, -0.2) is 0 Å². The fraction of sp³-hybridized carbons (Fsp3) is 0.286. The molecule has 1 saturated heterocycles. The molecule has 1 aliphatic heterocycles. The van der Waals surface area contributed by atoms with Crippen molar-refractivity contribution < 1.29 is 14.7 Å². The molecule has 2 rings (SSSR count). The molecular formula is C14H16N2O3S. The third-order valence-electron chi connectivity index (χ3n) is 3.04. The third kappa shape index (κ3) is 2.71. The van der Waals surface area contributed by atoms with Gasteiger partial charge in [-0.05, 0) is 60.5 Å². The van der Waals surface area contributed by atoms with Crippen molar-refractivity contribution in [3.8, 4) is 5.75 Å². The van der Waals surface area contributed by atoms with E-state index in [0.717, 1.165) is 33.4 Å². The molecule has 0 bridgehead atoms. The zero-order valence-electron chi connectivity index (χ0n) is 11.3. The summed E-state index contributed by atoms with van der Waals surface area (Å²) < 4.78 is 0. The van der Waals surface area contributed by atoms with Crippen LogP contribution in [0.25, 0.3) is 6.08 Å². The molecule has 0 aliphatic carbocycles. The first-order valence-corrected chi connectivity index (χ1v) is 7.01. The number of nitrogens with zero attached hydrogens (tertiary/aromatic N) is 1. The largest absolute Gasteiger partial charge is 0.507 e. The van der Waals surface area contributed by atoms with E-state index in [9.17, 15) is 14.7 Å². The Kier molecular flexibility index (Phi) is 4.15. The molecule has 1 aromatic carbocycles. The van der Waals surface area contributed by atoms with E-state index in [-0.39, 0.29) is 30.0 Å². The maximum Gasteiger partial charge on any atom is 0.293 e. The number of rotatable bonds is 3. The molecule has 6 heteroatoms. The normalized spacial score (nSPS) is 17.4. The van der Waals surface area contributed by atoms with Crippen molar-refractivity contribution in [1.29, 1.82) is 0 Å². The number of carbonyl (C=O) groups is 2. The van der Waals surface area contributed by atoms with Crippen molar-refractivity contribution >= 4 is 29.0 Å². The first-order valence-electron chi connectivity index (χ1n) is 6.19. The van der Waals surface area contributed by atoms with E-state index in [4.69, 9.17) is 5.73 Å². The molecule has 1 heterocycles. The summed E-state index contributed by atoms with van der Waals surface area (Å²) in [5, 5.41) is 9.44. The number of nitrogens with two attached hydrogens (primary N) is 1. The van der Waals surface area contributed by atoms with E-state index in [1.807, 2.05) is 0 Å². The van der Waals surface area contributed by atoms with Crippen LogP contribution in [0.1, 0.15) is 16.7 Å². The van der Waals surface area contributed by atoms with Crippen molar-refractivity contribution in [3.05, 3.63) is 33.7 Å². The summed E-state index contributed by atoms with van der Waals surface area (Å²) in [5.41, 5.74) is 7.64. The Labute approximate surface area is 121 Å². The van der Waals surface area contributed by atoms with E-state index >= 15 is 0 Å². The summed E-state index contributed by atoms with van der Waals surface area (Å²) in [6.07, 6.45) is 1.67. The van der Waals surface area contributed by atoms with Crippen LogP contribution in [0.15, 0.2) is 17.0 Å². The van der Waals surface area contributed by atoms with Gasteiger partial charge in [-0.2, -0.15) is 0 Å². The lowest BCUT2D eigenvalue weighted by Crippen LogP contribution is -2.33. The minimum atomic E-state index is -0.311. The van der Waals surface area contributed by atoms with Gasteiger partial charge in [0.25, 0.3) is 11.1 Å². The second-order valence-corrected chi connectivity index (χ2v) is 5.62. The molecule has 0 unspecified atom stereocenters. The maximum absolute atomic E-state index is 12.1. The highest BCUT2D eigenvalue weighted by atomic mass is 32.2. The fourth-order valence-electron chi connectivity index (χ4n) is 2.05. The average molecular weight is 292 g/mol. The molecule has 2 amide bonds. The Morgan fingerprint density at radius 1 is 1.30 bits per heavy atom. The molecular weight excluding hydrogens is 276 g/mol. The van der Waals surface area contributed by atoms with Crippen molar-refractivity contribution in [3.63, 3.8) is 0 Å². The second kappa shape index (κ2) is 5.68. The lowest BCUT2D eigenvalue weighted by atomic mass is 10.1. The lowest BCUT2D eigenvalue weighted by Gasteiger charge is -2.09. The molecule has 0 saturated carbocycles. The van der Waals surface area contributed by atoms with Crippen LogP contribution in [0.3, 0.4) is 0 Å². The first kappa shape index (κ1) is 14.6. The predicted octanol–water partition coefficient (Wildman–Crippen LogP) is 2.00. The smallest absolute Gasteiger partial charge is 0.293 e. The number of phenolic OH excluding ortho intramolecular Hbond substituents is 1. The maximum atomic E-state index is 12.1. The van der Waals surface area contributed by atoms with Crippen LogP contribution in [-0.4, -0.2) is 34.2 Å². The second-order valence-electron chi connectivity index (χ2n) is 4.63. The monoisotopic (exact) mass is 292 g/mol. The first-order chi connectivity index (χ1) is 9.43. The highest BCUT2D eigenvalue weighted by Crippen LogP contribution is 2.33. The topological polar surface area (TPSA) is 83.6 Å². The van der Waals surface area contributed by atoms with E-state index in [0.29, 0.717) is 4.91 Å². The van der Waals surface area contributed by atoms with Gasteiger partial charge < -0.3 is 10.8 Å².